The van der Waals surface area contributed by atoms with Crippen molar-refractivity contribution in [2.75, 3.05) is 51.4 Å². The molecule has 0 unspecified atom stereocenters. The van der Waals surface area contributed by atoms with Gasteiger partial charge in [0.15, 0.2) is 0 Å². The molecule has 0 bridgehead atoms. The Labute approximate surface area is 361 Å². The van der Waals surface area contributed by atoms with Crippen LogP contribution in [0.1, 0.15) is 65.6 Å². The fraction of sp³-hybridized carbons (Fsp3) is 0.512. The number of hydrogen-bond donors (Lipinski definition) is 2. The molecule has 17 heteroatoms. The van der Waals surface area contributed by atoms with Crippen molar-refractivity contribution in [1.29, 1.82) is 0 Å². The van der Waals surface area contributed by atoms with E-state index in [1.165, 1.54) is 27.2 Å². The molecule has 3 aliphatic heterocycles. The second-order valence-corrected chi connectivity index (χ2v) is 19.0. The van der Waals surface area contributed by atoms with Gasteiger partial charge in [-0.1, -0.05) is 11.6 Å². The molecule has 2 fully saturated rings. The number of aryl methyl sites for hydroxylation is 2. The van der Waals surface area contributed by atoms with Crippen LogP contribution in [0.25, 0.3) is 20.4 Å². The summed E-state index contributed by atoms with van der Waals surface area (Å²) in [5.41, 5.74) is 11.5. The summed E-state index contributed by atoms with van der Waals surface area (Å²) in [6.45, 7) is 11.0. The van der Waals surface area contributed by atoms with Gasteiger partial charge in [-0.2, -0.15) is 0 Å². The maximum atomic E-state index is 13.3. The molecule has 10 rings (SSSR count). The number of fused-ring (bicyclic) bond motifs is 7. The number of halogens is 1. The van der Waals surface area contributed by atoms with Gasteiger partial charge in [-0.15, -0.1) is 22.7 Å². The van der Waals surface area contributed by atoms with Crippen molar-refractivity contribution in [3.05, 3.63) is 61.9 Å². The molecule has 2 saturated heterocycles. The number of nitrogens with zero attached hydrogens (tertiary/aromatic N) is 7. The highest BCUT2D eigenvalue weighted by molar-refractivity contribution is 7.19. The number of aliphatic imine (C=N–C) groups is 1. The number of carbonyl (C=O) groups excluding carboxylic acids is 2. The van der Waals surface area contributed by atoms with Gasteiger partial charge in [0.1, 0.15) is 45.6 Å². The highest BCUT2D eigenvalue weighted by atomic mass is 35.5. The molecule has 7 heterocycles. The molecule has 2 amide bonds. The smallest absolute Gasteiger partial charge is 0.226 e. The summed E-state index contributed by atoms with van der Waals surface area (Å²) in [6, 6.07) is 4.32. The summed E-state index contributed by atoms with van der Waals surface area (Å²) in [5.74, 6) is 2.07. The van der Waals surface area contributed by atoms with Crippen LogP contribution in [0, 0.1) is 11.8 Å². The molecule has 316 valence electrons. The lowest BCUT2D eigenvalue weighted by Crippen LogP contribution is -2.50. The first-order chi connectivity index (χ1) is 29.1. The highest BCUT2D eigenvalue weighted by Crippen LogP contribution is 2.43. The third kappa shape index (κ3) is 8.21. The Bertz CT molecular complexity index is 2460. The van der Waals surface area contributed by atoms with Crippen molar-refractivity contribution in [3.63, 3.8) is 0 Å². The molecule has 3 N–H and O–H groups in total. The number of hydrogen-bond acceptors (Lipinski definition) is 14. The molecule has 0 saturated carbocycles. The van der Waals surface area contributed by atoms with E-state index in [0.29, 0.717) is 57.8 Å². The molecule has 60 heavy (non-hydrogen) atoms. The minimum Gasteiger partial charge on any atom is -0.490 e. The number of rotatable bonds is 7. The van der Waals surface area contributed by atoms with Crippen molar-refractivity contribution in [3.8, 4) is 5.75 Å². The average Bonchev–Trinajstić information content (AvgIpc) is 3.98. The number of nitrogens with two attached hydrogens (primary N) is 1. The van der Waals surface area contributed by atoms with E-state index in [1.807, 2.05) is 29.0 Å². The molecular weight excluding hydrogens is 822 g/mol. The summed E-state index contributed by atoms with van der Waals surface area (Å²) in [5, 5.41) is 6.09. The van der Waals surface area contributed by atoms with Crippen LogP contribution < -0.4 is 15.8 Å². The van der Waals surface area contributed by atoms with Crippen molar-refractivity contribution in [1.82, 2.24) is 29.7 Å². The normalized spacial score (nSPS) is 22.8. The summed E-state index contributed by atoms with van der Waals surface area (Å²) in [7, 11) is 0. The third-order valence-electron chi connectivity index (χ3n) is 12.1. The van der Waals surface area contributed by atoms with Crippen LogP contribution in [-0.2, 0) is 51.3 Å². The third-order valence-corrected chi connectivity index (χ3v) is 14.7. The molecule has 2 aliphatic carbocycles. The van der Waals surface area contributed by atoms with Gasteiger partial charge in [0.2, 0.25) is 11.8 Å². The first-order valence-electron chi connectivity index (χ1n) is 20.9. The molecule has 4 aromatic heterocycles. The summed E-state index contributed by atoms with van der Waals surface area (Å²) >= 11 is 9.57. The first kappa shape index (κ1) is 41.1. The Morgan fingerprint density at radius 1 is 0.900 bits per heavy atom. The number of amides is 2. The van der Waals surface area contributed by atoms with Gasteiger partial charge < -0.3 is 35.1 Å². The van der Waals surface area contributed by atoms with E-state index in [-0.39, 0.29) is 41.8 Å². The van der Waals surface area contributed by atoms with Gasteiger partial charge in [-0.25, -0.2) is 19.9 Å². The number of nitrogens with one attached hydrogen (secondary N) is 1. The number of ether oxygens (including phenoxy) is 3. The van der Waals surface area contributed by atoms with E-state index in [1.54, 1.807) is 29.0 Å². The minimum absolute atomic E-state index is 0.000246. The Morgan fingerprint density at radius 2 is 1.50 bits per heavy atom. The zero-order chi connectivity index (χ0) is 41.5. The summed E-state index contributed by atoms with van der Waals surface area (Å²) in [6.07, 6.45) is 9.93. The lowest BCUT2D eigenvalue weighted by Gasteiger charge is -2.36. The Balaban J connectivity index is 0.000000172. The van der Waals surface area contributed by atoms with Gasteiger partial charge in [0, 0.05) is 46.9 Å². The number of aromatic nitrogens is 4. The molecule has 5 atom stereocenters. The summed E-state index contributed by atoms with van der Waals surface area (Å²) < 4.78 is 17.0. The topological polar surface area (TPSA) is 170 Å². The number of benzene rings is 1. The van der Waals surface area contributed by atoms with Crippen LogP contribution in [0.2, 0.25) is 5.15 Å². The second-order valence-electron chi connectivity index (χ2n) is 16.5. The van der Waals surface area contributed by atoms with Crippen LogP contribution in [0.5, 0.6) is 5.75 Å². The molecule has 0 spiro atoms. The monoisotopic (exact) mass is 871 g/mol. The minimum atomic E-state index is -0.0805. The zero-order valence-electron chi connectivity index (χ0n) is 34.1. The van der Waals surface area contributed by atoms with E-state index < -0.39 is 0 Å². The molecule has 5 aromatic rings. The average molecular weight is 873 g/mol. The molecule has 5 aliphatic rings. The Kier molecular flexibility index (Phi) is 12.0. The second kappa shape index (κ2) is 17.6. The van der Waals surface area contributed by atoms with Crippen molar-refractivity contribution < 1.29 is 23.8 Å². The largest absolute Gasteiger partial charge is 0.490 e. The van der Waals surface area contributed by atoms with E-state index >= 15 is 0 Å². The van der Waals surface area contributed by atoms with Gasteiger partial charge in [0.25, 0.3) is 0 Å². The standard InChI is InChI=1S/C27H32N6O3S.C16H18ClN3O2S/c1-15(28)12-36-22-8-19-11-29-10-18(19)7-21(22)32-25-24-20-4-3-17(9-23(20)37-26(24)31-14-30-25)27(34)33-5-6-35-13-16(33)2;1-9-7-22-5-4-20(9)16(21)10-2-3-11-12(6-10)23-15-13(11)14(17)18-8-19-15/h7-8,10,14-17H,3-6,9,11-13,28H2,1-2H3,(H,30,31,32);8-10H,2-7H2,1H3/t15-,16-,17+;9-,10+/m11/s1. The van der Waals surface area contributed by atoms with Crippen molar-refractivity contribution in [2.45, 2.75) is 84.0 Å². The predicted molar refractivity (Wildman–Crippen MR) is 235 cm³/mol. The lowest BCUT2D eigenvalue weighted by molar-refractivity contribution is -0.144. The zero-order valence-corrected chi connectivity index (χ0v) is 36.5. The van der Waals surface area contributed by atoms with Crippen molar-refractivity contribution >= 4 is 84.2 Å². The van der Waals surface area contributed by atoms with E-state index in [2.05, 4.69) is 50.2 Å². The molecule has 14 nitrogen and oxygen atoms in total. The van der Waals surface area contributed by atoms with Crippen LogP contribution >= 0.6 is 34.3 Å². The van der Waals surface area contributed by atoms with Crippen LogP contribution in [0.15, 0.2) is 29.8 Å². The quantitative estimate of drug-likeness (QED) is 0.180. The molecular formula is C43H50ClN9O5S2. The van der Waals surface area contributed by atoms with Crippen LogP contribution in [0.3, 0.4) is 0 Å². The van der Waals surface area contributed by atoms with Crippen molar-refractivity contribution in [2.24, 2.45) is 22.6 Å². The number of anilines is 2. The maximum Gasteiger partial charge on any atom is 0.226 e. The first-order valence-corrected chi connectivity index (χ1v) is 22.9. The van der Waals surface area contributed by atoms with Gasteiger partial charge >= 0.3 is 0 Å². The lowest BCUT2D eigenvalue weighted by atomic mass is 9.86. The summed E-state index contributed by atoms with van der Waals surface area (Å²) in [4.78, 5) is 56.6. The number of carbonyl (C=O) groups is 2. The Morgan fingerprint density at radius 3 is 2.12 bits per heavy atom. The number of morpholine rings is 2. The maximum absolute atomic E-state index is 13.3. The number of thiophene rings is 2. The van der Waals surface area contributed by atoms with Gasteiger partial charge in [0.05, 0.1) is 61.5 Å². The van der Waals surface area contributed by atoms with Gasteiger partial charge in [-0.3, -0.25) is 14.6 Å². The predicted octanol–water partition coefficient (Wildman–Crippen LogP) is 6.14. The van der Waals surface area contributed by atoms with Gasteiger partial charge in [-0.05, 0) is 93.7 Å². The highest BCUT2D eigenvalue weighted by Gasteiger charge is 2.36. The van der Waals surface area contributed by atoms with E-state index in [9.17, 15) is 9.59 Å². The Hall–Kier alpha value is -4.32. The molecule has 0 radical (unpaired) electrons. The SMILES string of the molecule is C[C@@H]1COCCN1C(=O)[C@H]1CCc2c(sc3ncnc(Cl)c23)C1.C[C@@H]1COCCN1C(=O)[C@H]1CCc2c(sc3ncnc(Nc4cc5c(cc4OC[C@@H](C)N)CN=C5)c23)C1. The van der Waals surface area contributed by atoms with E-state index in [4.69, 9.17) is 31.5 Å². The fourth-order valence-electron chi connectivity index (χ4n) is 8.98. The van der Waals surface area contributed by atoms with Crippen LogP contribution in [-0.4, -0.2) is 112 Å². The van der Waals surface area contributed by atoms with Crippen LogP contribution in [0.4, 0.5) is 11.5 Å². The fourth-order valence-corrected chi connectivity index (χ4v) is 11.8. The molecule has 1 aromatic carbocycles. The van der Waals surface area contributed by atoms with E-state index in [0.717, 1.165) is 87.3 Å².